The fourth-order valence-corrected chi connectivity index (χ4v) is 5.30. The van der Waals surface area contributed by atoms with Crippen LogP contribution in [0.25, 0.3) is 33.1 Å². The minimum absolute atomic E-state index is 0.0231. The second-order valence-electron chi connectivity index (χ2n) is 9.47. The van der Waals surface area contributed by atoms with E-state index < -0.39 is 11.7 Å². The van der Waals surface area contributed by atoms with E-state index in [0.717, 1.165) is 35.8 Å². The van der Waals surface area contributed by atoms with E-state index in [-0.39, 0.29) is 11.7 Å². The van der Waals surface area contributed by atoms with E-state index in [0.29, 0.717) is 45.3 Å². The van der Waals surface area contributed by atoms with Gasteiger partial charge in [-0.1, -0.05) is 41.0 Å². The van der Waals surface area contributed by atoms with Gasteiger partial charge in [-0.2, -0.15) is 0 Å². The number of aryl methyl sites for hydroxylation is 1. The highest BCUT2D eigenvalue weighted by Crippen LogP contribution is 2.37. The van der Waals surface area contributed by atoms with Crippen LogP contribution in [0.4, 0.5) is 15.8 Å². The van der Waals surface area contributed by atoms with Gasteiger partial charge in [-0.05, 0) is 49.6 Å². The van der Waals surface area contributed by atoms with Gasteiger partial charge < -0.3 is 20.5 Å². The zero-order chi connectivity index (χ0) is 26.4. The third-order valence-electron chi connectivity index (χ3n) is 6.85. The zero-order valence-electron chi connectivity index (χ0n) is 20.5. The Balaban J connectivity index is 1.37. The Kier molecular flexibility index (Phi) is 6.17. The van der Waals surface area contributed by atoms with E-state index in [2.05, 4.69) is 25.3 Å². The number of nitrogens with two attached hydrogens (primary N) is 1. The number of benzene rings is 2. The van der Waals surface area contributed by atoms with Crippen LogP contribution in [0.5, 0.6) is 0 Å². The number of carbonyl (C=O) groups excluding carboxylic acids is 1. The molecule has 0 spiro atoms. The Morgan fingerprint density at radius 2 is 2.08 bits per heavy atom. The maximum absolute atomic E-state index is 14.5. The highest BCUT2D eigenvalue weighted by molar-refractivity contribution is 6.33. The van der Waals surface area contributed by atoms with E-state index >= 15 is 0 Å². The molecule has 3 aromatic heterocycles. The van der Waals surface area contributed by atoms with Gasteiger partial charge in [-0.15, -0.1) is 0 Å². The van der Waals surface area contributed by atoms with E-state index in [1.54, 1.807) is 42.6 Å². The first-order valence-corrected chi connectivity index (χ1v) is 12.7. The number of hydrogen-bond donors (Lipinski definition) is 2. The maximum atomic E-state index is 14.5. The second kappa shape index (κ2) is 9.66. The van der Waals surface area contributed by atoms with Crippen LogP contribution < -0.4 is 16.0 Å². The van der Waals surface area contributed by atoms with Gasteiger partial charge in [0.05, 0.1) is 39.2 Å². The van der Waals surface area contributed by atoms with Crippen LogP contribution >= 0.6 is 11.6 Å². The average Bonchev–Trinajstić information content (AvgIpc) is 3.28. The molecule has 1 amide bonds. The lowest BCUT2D eigenvalue weighted by atomic mass is 10.0. The molecule has 38 heavy (non-hydrogen) atoms. The zero-order valence-corrected chi connectivity index (χ0v) is 21.3. The van der Waals surface area contributed by atoms with Gasteiger partial charge in [0.2, 0.25) is 0 Å². The molecular formula is C28H24ClFN6O2. The lowest BCUT2D eigenvalue weighted by Gasteiger charge is -2.34. The number of piperidine rings is 1. The number of anilines is 2. The Labute approximate surface area is 222 Å². The lowest BCUT2D eigenvalue weighted by molar-refractivity contribution is 0.102. The number of halogens is 2. The number of nitrogens with one attached hydrogen (secondary N) is 1. The largest absolute Gasteiger partial charge is 0.368 e. The summed E-state index contributed by atoms with van der Waals surface area (Å²) in [6.45, 7) is 3.27. The van der Waals surface area contributed by atoms with Crippen LogP contribution in [0.1, 0.15) is 29.0 Å². The molecule has 0 bridgehead atoms. The van der Waals surface area contributed by atoms with E-state index in [1.807, 2.05) is 13.0 Å². The van der Waals surface area contributed by atoms with Gasteiger partial charge in [0.25, 0.3) is 11.6 Å². The fraction of sp³-hybridized carbons (Fsp3) is 0.214. The Morgan fingerprint density at radius 1 is 1.24 bits per heavy atom. The van der Waals surface area contributed by atoms with Crippen molar-refractivity contribution in [2.75, 3.05) is 23.3 Å². The first-order valence-electron chi connectivity index (χ1n) is 12.3. The van der Waals surface area contributed by atoms with Gasteiger partial charge in [-0.25, -0.2) is 14.4 Å². The Bertz CT molecular complexity index is 1680. The standard InChI is InChI=1S/C28H24ClFN6O2/c1-15-24-26(36-11-3-4-18(31)14-36)23(13-32-28(24)38-35-15)34-27(37)21-10-9-16-7-8-17(12-22(16)33-21)25-19(29)5-2-6-20(25)30/h2,5-10,12-13,18H,3-4,11,14,31H2,1H3,(H,34,37)/t18-/m0/s1. The first kappa shape index (κ1) is 24.3. The second-order valence-corrected chi connectivity index (χ2v) is 9.88. The molecule has 8 nitrogen and oxygen atoms in total. The predicted octanol–water partition coefficient (Wildman–Crippen LogP) is 5.72. The summed E-state index contributed by atoms with van der Waals surface area (Å²) in [4.78, 5) is 24.5. The van der Waals surface area contributed by atoms with E-state index in [9.17, 15) is 9.18 Å². The fourth-order valence-electron chi connectivity index (χ4n) is 5.03. The number of nitrogens with zero attached hydrogens (tertiary/aromatic N) is 4. The van der Waals surface area contributed by atoms with Crippen molar-refractivity contribution in [1.29, 1.82) is 0 Å². The Morgan fingerprint density at radius 3 is 2.89 bits per heavy atom. The van der Waals surface area contributed by atoms with Crippen LogP contribution in [0.2, 0.25) is 5.02 Å². The number of carbonyl (C=O) groups is 1. The number of fused-ring (bicyclic) bond motifs is 2. The minimum atomic E-state index is -0.428. The molecule has 1 atom stereocenters. The molecule has 1 aliphatic rings. The first-order chi connectivity index (χ1) is 18.4. The lowest BCUT2D eigenvalue weighted by Crippen LogP contribution is -2.43. The van der Waals surface area contributed by atoms with Crippen molar-refractivity contribution in [1.82, 2.24) is 15.1 Å². The van der Waals surface area contributed by atoms with Crippen molar-refractivity contribution in [2.24, 2.45) is 5.73 Å². The van der Waals surface area contributed by atoms with Crippen molar-refractivity contribution < 1.29 is 13.7 Å². The van der Waals surface area contributed by atoms with Gasteiger partial charge in [-0.3, -0.25) is 4.79 Å². The SMILES string of the molecule is Cc1noc2ncc(NC(=O)c3ccc4ccc(-c5c(F)cccc5Cl)cc4n3)c(N3CCC[C@H](N)C3)c12. The summed E-state index contributed by atoms with van der Waals surface area (Å²) >= 11 is 6.27. The molecule has 2 aromatic carbocycles. The molecule has 0 unspecified atom stereocenters. The molecule has 1 saturated heterocycles. The summed E-state index contributed by atoms with van der Waals surface area (Å²) in [6.07, 6.45) is 3.44. The number of hydrogen-bond acceptors (Lipinski definition) is 7. The van der Waals surface area contributed by atoms with Crippen molar-refractivity contribution >= 4 is 50.9 Å². The number of amides is 1. The summed E-state index contributed by atoms with van der Waals surface area (Å²) in [5.74, 6) is -0.832. The summed E-state index contributed by atoms with van der Waals surface area (Å²) in [5, 5.41) is 8.91. The normalized spacial score (nSPS) is 15.8. The van der Waals surface area contributed by atoms with Crippen LogP contribution in [0.15, 0.2) is 59.3 Å². The third kappa shape index (κ3) is 4.33. The summed E-state index contributed by atoms with van der Waals surface area (Å²) < 4.78 is 19.9. The third-order valence-corrected chi connectivity index (χ3v) is 7.16. The van der Waals surface area contributed by atoms with E-state index in [1.165, 1.54) is 6.07 Å². The van der Waals surface area contributed by atoms with Gasteiger partial charge >= 0.3 is 0 Å². The summed E-state index contributed by atoms with van der Waals surface area (Å²) in [5.41, 5.74) is 10.3. The van der Waals surface area contributed by atoms with Crippen LogP contribution in [0.3, 0.4) is 0 Å². The monoisotopic (exact) mass is 530 g/mol. The molecule has 3 N–H and O–H groups in total. The molecule has 4 heterocycles. The minimum Gasteiger partial charge on any atom is -0.368 e. The predicted molar refractivity (Wildman–Crippen MR) is 146 cm³/mol. The number of aromatic nitrogens is 3. The number of rotatable bonds is 4. The van der Waals surface area contributed by atoms with Crippen LogP contribution in [0, 0.1) is 12.7 Å². The molecule has 10 heteroatoms. The Hall–Kier alpha value is -4.08. The quantitative estimate of drug-likeness (QED) is 0.306. The average molecular weight is 531 g/mol. The van der Waals surface area contributed by atoms with Crippen LogP contribution in [-0.4, -0.2) is 40.2 Å². The van der Waals surface area contributed by atoms with Crippen LogP contribution in [-0.2, 0) is 0 Å². The van der Waals surface area contributed by atoms with Gasteiger partial charge in [0, 0.05) is 30.1 Å². The molecular weight excluding hydrogens is 507 g/mol. The smallest absolute Gasteiger partial charge is 0.274 e. The topological polar surface area (TPSA) is 110 Å². The maximum Gasteiger partial charge on any atom is 0.274 e. The highest BCUT2D eigenvalue weighted by atomic mass is 35.5. The molecule has 1 fully saturated rings. The molecule has 5 aromatic rings. The van der Waals surface area contributed by atoms with Gasteiger partial charge in [0.15, 0.2) is 0 Å². The highest BCUT2D eigenvalue weighted by Gasteiger charge is 2.26. The van der Waals surface area contributed by atoms with Crippen molar-refractivity contribution in [3.05, 3.63) is 77.0 Å². The molecule has 0 radical (unpaired) electrons. The molecule has 192 valence electrons. The molecule has 0 aliphatic carbocycles. The molecule has 1 aliphatic heterocycles. The van der Waals surface area contributed by atoms with Crippen molar-refractivity contribution in [3.8, 4) is 11.1 Å². The molecule has 6 rings (SSSR count). The molecule has 0 saturated carbocycles. The van der Waals surface area contributed by atoms with Crippen molar-refractivity contribution in [3.63, 3.8) is 0 Å². The van der Waals surface area contributed by atoms with E-state index in [4.69, 9.17) is 21.9 Å². The van der Waals surface area contributed by atoms with Gasteiger partial charge in [0.1, 0.15) is 11.5 Å². The van der Waals surface area contributed by atoms with Crippen molar-refractivity contribution in [2.45, 2.75) is 25.8 Å². The number of pyridine rings is 2. The summed E-state index contributed by atoms with van der Waals surface area (Å²) in [7, 11) is 0. The summed E-state index contributed by atoms with van der Waals surface area (Å²) in [6, 6.07) is 13.4.